The molecule has 1 saturated heterocycles. The molecule has 0 aromatic heterocycles. The molecule has 1 unspecified atom stereocenters. The van der Waals surface area contributed by atoms with Crippen LogP contribution >= 0.6 is 0 Å². The second-order valence-corrected chi connectivity index (χ2v) is 4.57. The summed E-state index contributed by atoms with van der Waals surface area (Å²) in [6.07, 6.45) is 1.54. The predicted molar refractivity (Wildman–Crippen MR) is 74.5 cm³/mol. The first-order chi connectivity index (χ1) is 8.28. The van der Waals surface area contributed by atoms with E-state index < -0.39 is 0 Å². The summed E-state index contributed by atoms with van der Waals surface area (Å²) in [5.74, 6) is 0. The Labute approximate surface area is 109 Å². The van der Waals surface area contributed by atoms with Crippen LogP contribution in [0.4, 0.5) is 0 Å². The highest BCUT2D eigenvalue weighted by atomic mass is 28.2. The molecule has 0 aromatic rings. The molecule has 0 bridgehead atoms. The Kier molecular flexibility index (Phi) is 12.6. The molecule has 1 heterocycles. The number of nitrogens with zero attached hydrogens (tertiary/aromatic N) is 1. The van der Waals surface area contributed by atoms with Crippen LogP contribution in [0.1, 0.15) is 27.2 Å². The quantitative estimate of drug-likeness (QED) is 0.343. The molecule has 5 heteroatoms. The number of rotatable bonds is 9. The molecule has 4 nitrogen and oxygen atoms in total. The second kappa shape index (κ2) is 12.5. The molecule has 0 aromatic carbocycles. The second-order valence-electron chi connectivity index (χ2n) is 3.99. The van der Waals surface area contributed by atoms with Crippen LogP contribution in [0.2, 0.25) is 0 Å². The lowest BCUT2D eigenvalue weighted by Gasteiger charge is -2.17. The first-order valence-electron chi connectivity index (χ1n) is 6.69. The van der Waals surface area contributed by atoms with Gasteiger partial charge < -0.3 is 18.8 Å². The van der Waals surface area contributed by atoms with Crippen LogP contribution in [-0.4, -0.2) is 67.6 Å². The van der Waals surface area contributed by atoms with Crippen molar-refractivity contribution in [1.29, 1.82) is 0 Å². The topological polar surface area (TPSA) is 34.2 Å². The maximum Gasteiger partial charge on any atom is 0.145 e. The summed E-state index contributed by atoms with van der Waals surface area (Å²) in [5.41, 5.74) is 0. The zero-order chi connectivity index (χ0) is 12.9. The van der Waals surface area contributed by atoms with Gasteiger partial charge in [0.25, 0.3) is 0 Å². The molecule has 1 fully saturated rings. The van der Waals surface area contributed by atoms with Crippen molar-refractivity contribution in [3.8, 4) is 0 Å². The molecule has 1 rings (SSSR count). The molecule has 104 valence electrons. The summed E-state index contributed by atoms with van der Waals surface area (Å²) in [5, 5.41) is 0. The zero-order valence-electron chi connectivity index (χ0n) is 11.9. The first kappa shape index (κ1) is 17.1. The molecular weight excluding hydrogens is 234 g/mol. The Hall–Kier alpha value is 0.0569. The van der Waals surface area contributed by atoms with Gasteiger partial charge >= 0.3 is 0 Å². The third-order valence-electron chi connectivity index (χ3n) is 2.65. The molecule has 1 aliphatic rings. The predicted octanol–water partition coefficient (Wildman–Crippen LogP) is 0.437. The minimum atomic E-state index is 0.411. The highest BCUT2D eigenvalue weighted by molar-refractivity contribution is 5.97. The maximum atomic E-state index is 5.45. The van der Waals surface area contributed by atoms with Gasteiger partial charge in [0.15, 0.2) is 0 Å². The molecular formula is C12H29NO3Si. The Balaban J connectivity index is 0.000000557. The summed E-state index contributed by atoms with van der Waals surface area (Å²) in [7, 11) is 0.890. The van der Waals surface area contributed by atoms with E-state index in [9.17, 15) is 0 Å². The van der Waals surface area contributed by atoms with Crippen LogP contribution in [-0.2, 0) is 13.9 Å². The summed E-state index contributed by atoms with van der Waals surface area (Å²) in [4.78, 5) is 2.41. The van der Waals surface area contributed by atoms with E-state index >= 15 is 0 Å². The van der Waals surface area contributed by atoms with Crippen LogP contribution in [0.15, 0.2) is 0 Å². The first-order valence-corrected chi connectivity index (χ1v) is 7.50. The Bertz CT molecular complexity index is 151. The fourth-order valence-corrected chi connectivity index (χ4v) is 1.31. The van der Waals surface area contributed by atoms with Crippen molar-refractivity contribution in [1.82, 2.24) is 4.90 Å². The molecule has 0 saturated carbocycles. The Morgan fingerprint density at radius 3 is 2.29 bits per heavy atom. The molecule has 0 N–H and O–H groups in total. The largest absolute Gasteiger partial charge is 0.428 e. The van der Waals surface area contributed by atoms with Gasteiger partial charge in [0.2, 0.25) is 0 Å². The van der Waals surface area contributed by atoms with Crippen LogP contribution in [0, 0.1) is 0 Å². The lowest BCUT2D eigenvalue weighted by atomic mass is 10.4. The van der Waals surface area contributed by atoms with Gasteiger partial charge in [-0.2, -0.15) is 0 Å². The standard InChI is InChI=1S/C10H21NO2.C2H8OSi/c1-3-11(4-2)6-5-7-12-8-10-9-13-10;1-2-3-4/h10H,3-9H2,1-2H3;2H2,1,4H3. The minimum Gasteiger partial charge on any atom is -0.428 e. The van der Waals surface area contributed by atoms with Crippen molar-refractivity contribution in [3.63, 3.8) is 0 Å². The van der Waals surface area contributed by atoms with E-state index in [-0.39, 0.29) is 0 Å². The third kappa shape index (κ3) is 12.3. The molecule has 17 heavy (non-hydrogen) atoms. The molecule has 0 spiro atoms. The molecule has 0 radical (unpaired) electrons. The smallest absolute Gasteiger partial charge is 0.145 e. The summed E-state index contributed by atoms with van der Waals surface area (Å²) < 4.78 is 15.2. The van der Waals surface area contributed by atoms with Crippen LogP contribution in [0.3, 0.4) is 0 Å². The third-order valence-corrected chi connectivity index (χ3v) is 3.23. The zero-order valence-corrected chi connectivity index (χ0v) is 13.9. The van der Waals surface area contributed by atoms with Gasteiger partial charge in [0.05, 0.1) is 13.2 Å². The fraction of sp³-hybridized carbons (Fsp3) is 1.00. The van der Waals surface area contributed by atoms with Crippen molar-refractivity contribution >= 4 is 10.5 Å². The van der Waals surface area contributed by atoms with Gasteiger partial charge in [-0.1, -0.05) is 13.8 Å². The average molecular weight is 263 g/mol. The molecule has 0 amide bonds. The van der Waals surface area contributed by atoms with Crippen LogP contribution in [0.5, 0.6) is 0 Å². The lowest BCUT2D eigenvalue weighted by molar-refractivity contribution is 0.106. The molecule has 0 aliphatic carbocycles. The van der Waals surface area contributed by atoms with Gasteiger partial charge in [-0.3, -0.25) is 0 Å². The van der Waals surface area contributed by atoms with E-state index in [1.165, 1.54) is 0 Å². The summed E-state index contributed by atoms with van der Waals surface area (Å²) in [6.45, 7) is 13.3. The van der Waals surface area contributed by atoms with E-state index in [1.807, 2.05) is 6.92 Å². The van der Waals surface area contributed by atoms with E-state index in [0.29, 0.717) is 6.10 Å². The molecule has 1 aliphatic heterocycles. The van der Waals surface area contributed by atoms with Crippen LogP contribution in [0.25, 0.3) is 0 Å². The van der Waals surface area contributed by atoms with Crippen molar-refractivity contribution < 1.29 is 13.9 Å². The highest BCUT2D eigenvalue weighted by Crippen LogP contribution is 2.08. The molecule has 1 atom stereocenters. The summed E-state index contributed by atoms with van der Waals surface area (Å²) >= 11 is 0. The number of ether oxygens (including phenoxy) is 2. The average Bonchev–Trinajstić information content (AvgIpc) is 3.18. The van der Waals surface area contributed by atoms with Crippen molar-refractivity contribution in [2.45, 2.75) is 33.3 Å². The SMILES string of the molecule is CCN(CC)CCCOCC1CO1.CCO[SiH3]. The number of hydrogen-bond donors (Lipinski definition) is 0. The number of epoxide rings is 1. The van der Waals surface area contributed by atoms with Gasteiger partial charge in [-0.05, 0) is 26.4 Å². The highest BCUT2D eigenvalue weighted by Gasteiger charge is 2.21. The van der Waals surface area contributed by atoms with Gasteiger partial charge in [0.1, 0.15) is 16.6 Å². The minimum absolute atomic E-state index is 0.411. The maximum absolute atomic E-state index is 5.45. The van der Waals surface area contributed by atoms with Gasteiger partial charge in [0, 0.05) is 19.8 Å². The van der Waals surface area contributed by atoms with Gasteiger partial charge in [-0.25, -0.2) is 0 Å². The van der Waals surface area contributed by atoms with Crippen molar-refractivity contribution in [2.24, 2.45) is 0 Å². The van der Waals surface area contributed by atoms with Crippen molar-refractivity contribution in [2.75, 3.05) is 46.1 Å². The lowest BCUT2D eigenvalue weighted by Crippen LogP contribution is -2.25. The Morgan fingerprint density at radius 1 is 1.29 bits per heavy atom. The van der Waals surface area contributed by atoms with E-state index in [4.69, 9.17) is 9.47 Å². The van der Waals surface area contributed by atoms with Crippen LogP contribution < -0.4 is 0 Å². The normalized spacial score (nSPS) is 18.0. The van der Waals surface area contributed by atoms with E-state index in [2.05, 4.69) is 23.2 Å². The van der Waals surface area contributed by atoms with Gasteiger partial charge in [-0.15, -0.1) is 0 Å². The summed E-state index contributed by atoms with van der Waals surface area (Å²) in [6, 6.07) is 0. The van der Waals surface area contributed by atoms with E-state index in [1.54, 1.807) is 0 Å². The number of hydrogen-bond acceptors (Lipinski definition) is 4. The monoisotopic (exact) mass is 263 g/mol. The van der Waals surface area contributed by atoms with E-state index in [0.717, 1.165) is 63.0 Å². The van der Waals surface area contributed by atoms with Crippen molar-refractivity contribution in [3.05, 3.63) is 0 Å². The fourth-order valence-electron chi connectivity index (χ4n) is 1.31. The Morgan fingerprint density at radius 2 is 1.88 bits per heavy atom.